The van der Waals surface area contributed by atoms with Crippen LogP contribution in [0.5, 0.6) is 0 Å². The monoisotopic (exact) mass is 275 g/mol. The van der Waals surface area contributed by atoms with Crippen LogP contribution in [0.25, 0.3) is 0 Å². The smallest absolute Gasteiger partial charge is 0 e. The van der Waals surface area contributed by atoms with E-state index in [1.54, 1.807) is 0 Å². The van der Waals surface area contributed by atoms with Crippen LogP contribution >= 0.6 is 24.0 Å². The van der Waals surface area contributed by atoms with E-state index in [0.717, 1.165) is 0 Å². The van der Waals surface area contributed by atoms with Crippen molar-refractivity contribution >= 4 is 24.0 Å². The zero-order valence-corrected chi connectivity index (χ0v) is 6.60. The van der Waals surface area contributed by atoms with E-state index in [4.69, 9.17) is 0 Å². The minimum Gasteiger partial charge on any atom is -0.245 e. The van der Waals surface area contributed by atoms with Crippen LogP contribution in [0.15, 0.2) is 12.7 Å². The Morgan fingerprint density at radius 1 is 1.60 bits per heavy atom. The molecule has 0 N–H and O–H groups in total. The summed E-state index contributed by atoms with van der Waals surface area (Å²) >= 11 is 0. The van der Waals surface area contributed by atoms with Crippen molar-refractivity contribution in [2.45, 2.75) is 0 Å². The zero-order chi connectivity index (χ0) is 2.71. The molecule has 0 fully saturated rings. The molecule has 0 atom stereocenters. The van der Waals surface area contributed by atoms with E-state index in [2.05, 4.69) is 13.5 Å². The fraction of sp³-hybridized carbons (Fsp3) is 0. The second-order valence-electron chi connectivity index (χ2n) is 0.289. The van der Waals surface area contributed by atoms with E-state index in [0.29, 0.717) is 0 Å². The van der Waals surface area contributed by atoms with Crippen LogP contribution in [0.4, 0.5) is 0 Å². The molecule has 0 unspecified atom stereocenters. The summed E-state index contributed by atoms with van der Waals surface area (Å²) in [5.74, 6) is 0. The van der Waals surface area contributed by atoms with Gasteiger partial charge in [0.25, 0.3) is 0 Å². The standard InChI is InChI=1S/C3H5.HI.Pd/c1-3-2;;/h3H,1-2H2;1H;/q-1;;. The quantitative estimate of drug-likeness (QED) is 0.358. The Labute approximate surface area is 63.7 Å². The Morgan fingerprint density at radius 3 is 1.60 bits per heavy atom. The second kappa shape index (κ2) is 20.0. The maximum absolute atomic E-state index is 3.25. The van der Waals surface area contributed by atoms with E-state index < -0.39 is 0 Å². The SMILES string of the molecule is C=C[CH2-].I.[Pd]. The molecule has 0 nitrogen and oxygen atoms in total. The Hall–Kier alpha value is 1.00. The van der Waals surface area contributed by atoms with Crippen molar-refractivity contribution < 1.29 is 20.4 Å². The number of rotatable bonds is 0. The Balaban J connectivity index is -0.0000000200. The fourth-order valence-electron chi connectivity index (χ4n) is 0. The molecule has 0 radical (unpaired) electrons. The largest absolute Gasteiger partial charge is 0.245 e. The molecule has 0 aliphatic carbocycles. The minimum absolute atomic E-state index is 0. The van der Waals surface area contributed by atoms with E-state index in [1.807, 2.05) is 0 Å². The van der Waals surface area contributed by atoms with Crippen LogP contribution in [0, 0.1) is 6.92 Å². The maximum Gasteiger partial charge on any atom is 0 e. The topological polar surface area (TPSA) is 0 Å². The van der Waals surface area contributed by atoms with Gasteiger partial charge < -0.3 is 0 Å². The van der Waals surface area contributed by atoms with E-state index in [1.165, 1.54) is 6.08 Å². The molecule has 0 heterocycles. The fourth-order valence-corrected chi connectivity index (χ4v) is 0. The van der Waals surface area contributed by atoms with Crippen molar-refractivity contribution in [3.63, 3.8) is 0 Å². The Kier molecular flexibility index (Phi) is 66.6. The first-order chi connectivity index (χ1) is 1.41. The van der Waals surface area contributed by atoms with Crippen LogP contribution in [-0.2, 0) is 20.4 Å². The summed E-state index contributed by atoms with van der Waals surface area (Å²) in [6.07, 6.45) is 1.50. The predicted molar refractivity (Wildman–Crippen MR) is 31.0 cm³/mol. The third kappa shape index (κ3) is 44.9. The van der Waals surface area contributed by atoms with Crippen molar-refractivity contribution in [1.29, 1.82) is 0 Å². The maximum atomic E-state index is 3.25. The van der Waals surface area contributed by atoms with Crippen LogP contribution < -0.4 is 0 Å². The molecule has 36 valence electrons. The van der Waals surface area contributed by atoms with Crippen molar-refractivity contribution in [2.75, 3.05) is 0 Å². The van der Waals surface area contributed by atoms with Crippen LogP contribution in [0.1, 0.15) is 0 Å². The number of hydrogen-bond acceptors (Lipinski definition) is 0. The summed E-state index contributed by atoms with van der Waals surface area (Å²) in [7, 11) is 0. The summed E-state index contributed by atoms with van der Waals surface area (Å²) in [6.45, 7) is 6.50. The molecule has 5 heavy (non-hydrogen) atoms. The molecule has 0 saturated carbocycles. The van der Waals surface area contributed by atoms with Gasteiger partial charge in [0.15, 0.2) is 0 Å². The molecule has 0 amide bonds. The summed E-state index contributed by atoms with van der Waals surface area (Å²) in [5.41, 5.74) is 0. The van der Waals surface area contributed by atoms with Crippen LogP contribution in [0.2, 0.25) is 0 Å². The van der Waals surface area contributed by atoms with Gasteiger partial charge >= 0.3 is 0 Å². The molecular formula is C3H6IPd-. The molecule has 0 aromatic carbocycles. The summed E-state index contributed by atoms with van der Waals surface area (Å²) in [4.78, 5) is 0. The van der Waals surface area contributed by atoms with Crippen molar-refractivity contribution in [2.24, 2.45) is 0 Å². The van der Waals surface area contributed by atoms with Gasteiger partial charge in [0, 0.05) is 20.4 Å². The van der Waals surface area contributed by atoms with Gasteiger partial charge in [-0.05, 0) is 0 Å². The molecule has 0 bridgehead atoms. The zero-order valence-electron chi connectivity index (χ0n) is 2.72. The number of hydrogen-bond donors (Lipinski definition) is 0. The third-order valence-electron chi connectivity index (χ3n) is 0. The number of allylic oxidation sites excluding steroid dienone is 1. The summed E-state index contributed by atoms with van der Waals surface area (Å²) in [5, 5.41) is 0. The average Bonchev–Trinajstić information content (AvgIpc) is 0.918. The molecule has 0 aromatic heterocycles. The Bertz CT molecular complexity index is 14.4. The van der Waals surface area contributed by atoms with Gasteiger partial charge in [-0.25, -0.2) is 19.6 Å². The van der Waals surface area contributed by atoms with Crippen LogP contribution in [0.3, 0.4) is 0 Å². The normalized spacial score (nSPS) is 2.40. The average molecular weight is 275 g/mol. The van der Waals surface area contributed by atoms with Gasteiger partial charge in [-0.1, -0.05) is 0 Å². The van der Waals surface area contributed by atoms with Gasteiger partial charge in [0.2, 0.25) is 0 Å². The van der Waals surface area contributed by atoms with E-state index in [9.17, 15) is 0 Å². The molecule has 0 aromatic rings. The first-order valence-corrected chi connectivity index (χ1v) is 0.816. The molecule has 2 heteroatoms. The molecule has 0 rings (SSSR count). The van der Waals surface area contributed by atoms with Gasteiger partial charge in [-0.2, -0.15) is 0 Å². The van der Waals surface area contributed by atoms with Crippen molar-refractivity contribution in [3.05, 3.63) is 19.6 Å². The second-order valence-corrected chi connectivity index (χ2v) is 0.289. The minimum atomic E-state index is 0. The summed E-state index contributed by atoms with van der Waals surface area (Å²) < 4.78 is 0. The summed E-state index contributed by atoms with van der Waals surface area (Å²) in [6, 6.07) is 0. The molecule has 0 saturated heterocycles. The molecule has 0 spiro atoms. The third-order valence-corrected chi connectivity index (χ3v) is 0. The van der Waals surface area contributed by atoms with Gasteiger partial charge in [-0.3, -0.25) is 0 Å². The van der Waals surface area contributed by atoms with E-state index >= 15 is 0 Å². The van der Waals surface area contributed by atoms with Gasteiger partial charge in [0.05, 0.1) is 0 Å². The Morgan fingerprint density at radius 2 is 1.60 bits per heavy atom. The first-order valence-electron chi connectivity index (χ1n) is 0.816. The number of halogens is 1. The van der Waals surface area contributed by atoms with Gasteiger partial charge in [-0.15, -0.1) is 24.0 Å². The van der Waals surface area contributed by atoms with E-state index in [-0.39, 0.29) is 44.4 Å². The molecule has 0 aliphatic rings. The van der Waals surface area contributed by atoms with Crippen LogP contribution in [-0.4, -0.2) is 0 Å². The molecule has 0 aliphatic heterocycles. The predicted octanol–water partition coefficient (Wildman–Crippen LogP) is 1.62. The molecular weight excluding hydrogens is 269 g/mol. The van der Waals surface area contributed by atoms with Crippen molar-refractivity contribution in [1.82, 2.24) is 0 Å². The first kappa shape index (κ1) is 16.7. The van der Waals surface area contributed by atoms with Crippen molar-refractivity contribution in [3.8, 4) is 0 Å². The van der Waals surface area contributed by atoms with Gasteiger partial charge in [0.1, 0.15) is 0 Å².